The zero-order chi connectivity index (χ0) is 10.9. The summed E-state index contributed by atoms with van der Waals surface area (Å²) in [6.07, 6.45) is 0. The van der Waals surface area contributed by atoms with Crippen LogP contribution < -0.4 is 5.32 Å². The molecule has 0 aliphatic carbocycles. The van der Waals surface area contributed by atoms with E-state index >= 15 is 0 Å². The maximum atomic E-state index is 11.3. The Labute approximate surface area is 93.3 Å². The molecule has 0 aromatic carbocycles. The van der Waals surface area contributed by atoms with Gasteiger partial charge < -0.3 is 10.4 Å². The number of nitrogens with one attached hydrogen (secondary N) is 1. The van der Waals surface area contributed by atoms with Gasteiger partial charge in [-0.2, -0.15) is 0 Å². The lowest BCUT2D eigenvalue weighted by Gasteiger charge is -2.24. The summed E-state index contributed by atoms with van der Waals surface area (Å²) in [7, 11) is 0. The maximum Gasteiger partial charge on any atom is 0.328 e. The van der Waals surface area contributed by atoms with Crippen molar-refractivity contribution >= 4 is 43.7 Å². The largest absolute Gasteiger partial charge is 0.480 e. The molecule has 0 aliphatic rings. The second kappa shape index (κ2) is 3.96. The van der Waals surface area contributed by atoms with E-state index in [2.05, 4.69) is 37.2 Å². The quantitative estimate of drug-likeness (QED) is 0.775. The monoisotopic (exact) mass is 315 g/mol. The highest BCUT2D eigenvalue weighted by Crippen LogP contribution is 2.25. The van der Waals surface area contributed by atoms with E-state index in [1.807, 2.05) is 0 Å². The number of amides is 1. The molecule has 13 heavy (non-hydrogen) atoms. The van der Waals surface area contributed by atoms with Crippen molar-refractivity contribution in [2.24, 2.45) is 0 Å². The molecule has 0 aromatic heterocycles. The first-order valence-electron chi connectivity index (χ1n) is 3.51. The van der Waals surface area contributed by atoms with Crippen molar-refractivity contribution in [3.8, 4) is 0 Å². The van der Waals surface area contributed by atoms with Crippen molar-refractivity contribution in [1.29, 1.82) is 0 Å². The van der Waals surface area contributed by atoms with Crippen LogP contribution in [0.25, 0.3) is 0 Å². The second-order valence-electron chi connectivity index (χ2n) is 3.27. The van der Waals surface area contributed by atoms with E-state index in [4.69, 9.17) is 5.11 Å². The van der Waals surface area contributed by atoms with Crippen LogP contribution in [0.15, 0.2) is 0 Å². The fourth-order valence-corrected chi connectivity index (χ4v) is 0.645. The Kier molecular flexibility index (Phi) is 3.93. The van der Waals surface area contributed by atoms with Crippen LogP contribution in [0, 0.1) is 0 Å². The van der Waals surface area contributed by atoms with Crippen LogP contribution in [0.4, 0.5) is 0 Å². The Morgan fingerprint density at radius 2 is 1.62 bits per heavy atom. The Bertz CT molecular complexity index is 232. The standard InChI is InChI=1S/C7H11Br2NO3/c1-6(2,5(12)13)10-4(11)7(3,8)9/h1-3H3,(H,10,11)(H,12,13). The predicted molar refractivity (Wildman–Crippen MR) is 56.1 cm³/mol. The molecule has 0 saturated carbocycles. The number of carboxylic acids is 1. The average Bonchev–Trinajstić information content (AvgIpc) is 1.83. The molecule has 0 fully saturated rings. The number of rotatable bonds is 3. The first kappa shape index (κ1) is 12.9. The van der Waals surface area contributed by atoms with E-state index < -0.39 is 20.6 Å². The molecular formula is C7H11Br2NO3. The lowest BCUT2D eigenvalue weighted by Crippen LogP contribution is -2.53. The summed E-state index contributed by atoms with van der Waals surface area (Å²) in [6.45, 7) is 4.40. The van der Waals surface area contributed by atoms with Crippen LogP contribution in [-0.4, -0.2) is 25.8 Å². The predicted octanol–water partition coefficient (Wildman–Crippen LogP) is 1.47. The van der Waals surface area contributed by atoms with E-state index in [1.54, 1.807) is 6.92 Å². The van der Waals surface area contributed by atoms with Gasteiger partial charge in [-0.3, -0.25) is 4.79 Å². The minimum Gasteiger partial charge on any atom is -0.480 e. The Morgan fingerprint density at radius 1 is 1.23 bits per heavy atom. The first-order valence-corrected chi connectivity index (χ1v) is 5.10. The molecular weight excluding hydrogens is 306 g/mol. The number of halogens is 2. The van der Waals surface area contributed by atoms with Gasteiger partial charge in [0.05, 0.1) is 0 Å². The molecule has 0 rings (SSSR count). The van der Waals surface area contributed by atoms with Crippen LogP contribution in [0.3, 0.4) is 0 Å². The Morgan fingerprint density at radius 3 is 1.85 bits per heavy atom. The molecule has 0 spiro atoms. The van der Waals surface area contributed by atoms with E-state index in [0.29, 0.717) is 0 Å². The Balaban J connectivity index is 4.47. The number of hydrogen-bond acceptors (Lipinski definition) is 2. The zero-order valence-corrected chi connectivity index (χ0v) is 10.7. The lowest BCUT2D eigenvalue weighted by atomic mass is 10.1. The van der Waals surface area contributed by atoms with Gasteiger partial charge in [-0.15, -0.1) is 0 Å². The van der Waals surface area contributed by atoms with Crippen LogP contribution in [-0.2, 0) is 9.59 Å². The number of carbonyl (C=O) groups excluding carboxylic acids is 1. The molecule has 4 nitrogen and oxygen atoms in total. The fraction of sp³-hybridized carbons (Fsp3) is 0.714. The third kappa shape index (κ3) is 4.08. The van der Waals surface area contributed by atoms with E-state index in [9.17, 15) is 9.59 Å². The third-order valence-electron chi connectivity index (χ3n) is 1.36. The summed E-state index contributed by atoms with van der Waals surface area (Å²) >= 11 is 6.11. The molecule has 0 unspecified atom stereocenters. The number of carboxylic acid groups (broad SMARTS) is 1. The van der Waals surface area contributed by atoms with E-state index in [-0.39, 0.29) is 0 Å². The first-order chi connectivity index (χ1) is 5.57. The highest BCUT2D eigenvalue weighted by molar-refractivity contribution is 9.25. The van der Waals surface area contributed by atoms with Gasteiger partial charge >= 0.3 is 5.97 Å². The molecule has 0 radical (unpaired) electrons. The molecule has 2 N–H and O–H groups in total. The summed E-state index contributed by atoms with van der Waals surface area (Å²) in [5.41, 5.74) is -1.26. The van der Waals surface area contributed by atoms with Crippen molar-refractivity contribution in [2.45, 2.75) is 29.5 Å². The number of alkyl halides is 2. The average molecular weight is 317 g/mol. The third-order valence-corrected chi connectivity index (χ3v) is 2.08. The molecule has 0 heterocycles. The number of aliphatic carboxylic acids is 1. The molecule has 0 bridgehead atoms. The lowest BCUT2D eigenvalue weighted by molar-refractivity contribution is -0.145. The molecule has 76 valence electrons. The SMILES string of the molecule is CC(Br)(Br)C(=O)NC(C)(C)C(=O)O. The fourth-order valence-electron chi connectivity index (χ4n) is 0.447. The van der Waals surface area contributed by atoms with Gasteiger partial charge in [-0.25, -0.2) is 4.79 Å². The topological polar surface area (TPSA) is 66.4 Å². The maximum absolute atomic E-state index is 11.3. The molecule has 1 amide bonds. The molecule has 6 heteroatoms. The van der Waals surface area contributed by atoms with Crippen molar-refractivity contribution in [3.05, 3.63) is 0 Å². The molecule has 0 aliphatic heterocycles. The zero-order valence-electron chi connectivity index (χ0n) is 7.52. The highest BCUT2D eigenvalue weighted by Gasteiger charge is 2.35. The van der Waals surface area contributed by atoms with Crippen LogP contribution in [0.2, 0.25) is 0 Å². The number of carbonyl (C=O) groups is 2. The van der Waals surface area contributed by atoms with Gasteiger partial charge in [-0.05, 0) is 20.8 Å². The van der Waals surface area contributed by atoms with Gasteiger partial charge in [0.2, 0.25) is 5.91 Å². The van der Waals surface area contributed by atoms with Gasteiger partial charge in [0, 0.05) is 0 Å². The van der Waals surface area contributed by atoms with Gasteiger partial charge in [0.1, 0.15) is 5.54 Å². The molecule has 0 aromatic rings. The summed E-state index contributed by atoms with van der Waals surface area (Å²) in [5, 5.41) is 11.1. The van der Waals surface area contributed by atoms with Crippen LogP contribution in [0.5, 0.6) is 0 Å². The smallest absolute Gasteiger partial charge is 0.328 e. The van der Waals surface area contributed by atoms with E-state index in [0.717, 1.165) is 0 Å². The minimum atomic E-state index is -1.26. The molecule has 0 atom stereocenters. The molecule has 0 saturated heterocycles. The van der Waals surface area contributed by atoms with Crippen molar-refractivity contribution in [3.63, 3.8) is 0 Å². The van der Waals surface area contributed by atoms with E-state index in [1.165, 1.54) is 13.8 Å². The summed E-state index contributed by atoms with van der Waals surface area (Å²) in [5.74, 6) is -1.51. The van der Waals surface area contributed by atoms with Crippen molar-refractivity contribution in [2.75, 3.05) is 0 Å². The minimum absolute atomic E-state index is 0.431. The van der Waals surface area contributed by atoms with Crippen LogP contribution >= 0.6 is 31.9 Å². The Hall–Kier alpha value is -0.100. The van der Waals surface area contributed by atoms with Gasteiger partial charge in [0.15, 0.2) is 3.23 Å². The van der Waals surface area contributed by atoms with Crippen molar-refractivity contribution in [1.82, 2.24) is 5.32 Å². The van der Waals surface area contributed by atoms with Gasteiger partial charge in [-0.1, -0.05) is 31.9 Å². The summed E-state index contributed by atoms with van der Waals surface area (Å²) in [6, 6.07) is 0. The van der Waals surface area contributed by atoms with Crippen LogP contribution in [0.1, 0.15) is 20.8 Å². The highest BCUT2D eigenvalue weighted by atomic mass is 79.9. The number of hydrogen-bond donors (Lipinski definition) is 2. The second-order valence-corrected chi connectivity index (χ2v) is 7.51. The normalized spacial score (nSPS) is 12.4. The summed E-state index contributed by atoms with van der Waals surface area (Å²) in [4.78, 5) is 22.0. The van der Waals surface area contributed by atoms with Gasteiger partial charge in [0.25, 0.3) is 0 Å². The summed E-state index contributed by atoms with van der Waals surface area (Å²) < 4.78 is -0.938. The van der Waals surface area contributed by atoms with Crippen molar-refractivity contribution < 1.29 is 14.7 Å².